The maximum atomic E-state index is 9.56. The molecular formula is C22H24N4O. The highest BCUT2D eigenvalue weighted by Gasteiger charge is 2.19. The Morgan fingerprint density at radius 1 is 0.926 bits per heavy atom. The van der Waals surface area contributed by atoms with Crippen molar-refractivity contribution in [1.82, 2.24) is 14.2 Å². The standard InChI is InChI=1S/C22H24N4O/c23-16-21-19(18-26-9-5-4-8-22(21)26)17-25-12-10-24(11-13-25)14-15-27-20-6-2-1-3-7-20/h1-9,18H,10-15,17H2. The minimum Gasteiger partial charge on any atom is -0.492 e. The summed E-state index contributed by atoms with van der Waals surface area (Å²) in [4.78, 5) is 4.88. The number of pyridine rings is 1. The number of fused-ring (bicyclic) bond motifs is 1. The fraction of sp³-hybridized carbons (Fsp3) is 0.318. The zero-order chi connectivity index (χ0) is 18.5. The molecule has 5 nitrogen and oxygen atoms in total. The molecule has 0 radical (unpaired) electrons. The van der Waals surface area contributed by atoms with Gasteiger partial charge in [0, 0.05) is 57.2 Å². The van der Waals surface area contributed by atoms with E-state index in [-0.39, 0.29) is 0 Å². The van der Waals surface area contributed by atoms with Crippen LogP contribution in [0.15, 0.2) is 60.9 Å². The smallest absolute Gasteiger partial charge is 0.119 e. The molecule has 1 aliphatic rings. The molecule has 0 atom stereocenters. The molecule has 5 heteroatoms. The van der Waals surface area contributed by atoms with Crippen molar-refractivity contribution in [3.05, 3.63) is 72.1 Å². The summed E-state index contributed by atoms with van der Waals surface area (Å²) in [6.45, 7) is 6.60. The lowest BCUT2D eigenvalue weighted by molar-refractivity contribution is 0.112. The summed E-state index contributed by atoms with van der Waals surface area (Å²) in [7, 11) is 0. The van der Waals surface area contributed by atoms with Gasteiger partial charge in [-0.15, -0.1) is 0 Å². The lowest BCUT2D eigenvalue weighted by Gasteiger charge is -2.34. The average molecular weight is 360 g/mol. The van der Waals surface area contributed by atoms with Gasteiger partial charge in [0.1, 0.15) is 18.4 Å². The zero-order valence-electron chi connectivity index (χ0n) is 15.4. The minimum absolute atomic E-state index is 0.716. The van der Waals surface area contributed by atoms with E-state index in [1.807, 2.05) is 59.1 Å². The quantitative estimate of drug-likeness (QED) is 0.678. The van der Waals surface area contributed by atoms with Crippen LogP contribution >= 0.6 is 0 Å². The van der Waals surface area contributed by atoms with Crippen LogP contribution in [0.5, 0.6) is 5.75 Å². The summed E-state index contributed by atoms with van der Waals surface area (Å²) < 4.78 is 7.85. The van der Waals surface area contributed by atoms with Crippen LogP contribution in [0.3, 0.4) is 0 Å². The Morgan fingerprint density at radius 2 is 1.67 bits per heavy atom. The molecule has 0 aliphatic carbocycles. The zero-order valence-corrected chi connectivity index (χ0v) is 15.4. The Balaban J connectivity index is 1.28. The molecule has 0 bridgehead atoms. The van der Waals surface area contributed by atoms with E-state index in [2.05, 4.69) is 22.1 Å². The van der Waals surface area contributed by atoms with E-state index in [0.29, 0.717) is 6.61 Å². The van der Waals surface area contributed by atoms with Crippen LogP contribution in [0.2, 0.25) is 0 Å². The van der Waals surface area contributed by atoms with E-state index in [4.69, 9.17) is 4.74 Å². The monoisotopic (exact) mass is 360 g/mol. The first-order valence-electron chi connectivity index (χ1n) is 9.45. The third-order valence-corrected chi connectivity index (χ3v) is 5.15. The van der Waals surface area contributed by atoms with Gasteiger partial charge in [0.25, 0.3) is 0 Å². The van der Waals surface area contributed by atoms with Crippen LogP contribution in [-0.2, 0) is 6.54 Å². The van der Waals surface area contributed by atoms with Gasteiger partial charge in [-0.25, -0.2) is 0 Å². The van der Waals surface area contributed by atoms with Gasteiger partial charge < -0.3 is 9.14 Å². The Bertz CT molecular complexity index is 920. The Labute approximate surface area is 160 Å². The van der Waals surface area contributed by atoms with Crippen LogP contribution in [0.25, 0.3) is 5.52 Å². The van der Waals surface area contributed by atoms with Gasteiger partial charge in [-0.2, -0.15) is 5.26 Å². The summed E-state index contributed by atoms with van der Waals surface area (Å²) in [5.41, 5.74) is 2.91. The maximum absolute atomic E-state index is 9.56. The van der Waals surface area contributed by atoms with E-state index in [1.165, 1.54) is 0 Å². The summed E-state index contributed by atoms with van der Waals surface area (Å²) in [5.74, 6) is 0.931. The second kappa shape index (κ2) is 8.26. The molecule has 1 fully saturated rings. The molecule has 1 aromatic carbocycles. The van der Waals surface area contributed by atoms with Gasteiger partial charge in [-0.1, -0.05) is 24.3 Å². The molecule has 2 aromatic heterocycles. The van der Waals surface area contributed by atoms with Crippen molar-refractivity contribution >= 4 is 5.52 Å². The minimum atomic E-state index is 0.716. The number of rotatable bonds is 6. The van der Waals surface area contributed by atoms with Crippen molar-refractivity contribution in [3.63, 3.8) is 0 Å². The summed E-state index contributed by atoms with van der Waals surface area (Å²) in [5, 5.41) is 9.56. The van der Waals surface area contributed by atoms with Crippen molar-refractivity contribution in [2.75, 3.05) is 39.3 Å². The number of nitrogens with zero attached hydrogens (tertiary/aromatic N) is 4. The fourth-order valence-corrected chi connectivity index (χ4v) is 3.65. The Hall–Kier alpha value is -2.81. The first-order valence-corrected chi connectivity index (χ1v) is 9.45. The number of para-hydroxylation sites is 1. The summed E-state index contributed by atoms with van der Waals surface area (Å²) in [6.07, 6.45) is 4.10. The third-order valence-electron chi connectivity index (χ3n) is 5.15. The normalized spacial score (nSPS) is 15.7. The predicted molar refractivity (Wildman–Crippen MR) is 106 cm³/mol. The van der Waals surface area contributed by atoms with Gasteiger partial charge in [0.05, 0.1) is 11.1 Å². The molecule has 1 saturated heterocycles. The second-order valence-corrected chi connectivity index (χ2v) is 6.91. The van der Waals surface area contributed by atoms with Gasteiger partial charge in [0.2, 0.25) is 0 Å². The third kappa shape index (κ3) is 4.13. The van der Waals surface area contributed by atoms with Crippen molar-refractivity contribution < 1.29 is 4.74 Å². The molecule has 27 heavy (non-hydrogen) atoms. The van der Waals surface area contributed by atoms with Crippen molar-refractivity contribution in [2.45, 2.75) is 6.54 Å². The van der Waals surface area contributed by atoms with Crippen molar-refractivity contribution in [2.24, 2.45) is 0 Å². The van der Waals surface area contributed by atoms with Crippen molar-refractivity contribution in [3.8, 4) is 11.8 Å². The highest BCUT2D eigenvalue weighted by atomic mass is 16.5. The highest BCUT2D eigenvalue weighted by Crippen LogP contribution is 2.20. The fourth-order valence-electron chi connectivity index (χ4n) is 3.65. The van der Waals surface area contributed by atoms with E-state index < -0.39 is 0 Å². The molecule has 0 saturated carbocycles. The highest BCUT2D eigenvalue weighted by molar-refractivity contribution is 5.65. The van der Waals surface area contributed by atoms with Gasteiger partial charge >= 0.3 is 0 Å². The molecule has 4 rings (SSSR count). The van der Waals surface area contributed by atoms with Crippen LogP contribution in [0.4, 0.5) is 0 Å². The summed E-state index contributed by atoms with van der Waals surface area (Å²) >= 11 is 0. The van der Waals surface area contributed by atoms with E-state index in [0.717, 1.165) is 61.7 Å². The number of piperazine rings is 1. The number of hydrogen-bond acceptors (Lipinski definition) is 4. The van der Waals surface area contributed by atoms with Gasteiger partial charge in [-0.05, 0) is 24.3 Å². The number of benzene rings is 1. The number of aromatic nitrogens is 1. The van der Waals surface area contributed by atoms with E-state index >= 15 is 0 Å². The van der Waals surface area contributed by atoms with Crippen LogP contribution in [0, 0.1) is 11.3 Å². The number of nitriles is 1. The van der Waals surface area contributed by atoms with Gasteiger partial charge in [-0.3, -0.25) is 9.80 Å². The van der Waals surface area contributed by atoms with Crippen LogP contribution < -0.4 is 4.74 Å². The van der Waals surface area contributed by atoms with Crippen molar-refractivity contribution in [1.29, 1.82) is 5.26 Å². The van der Waals surface area contributed by atoms with E-state index in [9.17, 15) is 5.26 Å². The van der Waals surface area contributed by atoms with Gasteiger partial charge in [0.15, 0.2) is 0 Å². The topological polar surface area (TPSA) is 43.9 Å². The molecule has 3 heterocycles. The lowest BCUT2D eigenvalue weighted by atomic mass is 10.1. The summed E-state index contributed by atoms with van der Waals surface area (Å²) in [6, 6.07) is 18.3. The second-order valence-electron chi connectivity index (χ2n) is 6.91. The van der Waals surface area contributed by atoms with Crippen LogP contribution in [-0.4, -0.2) is 53.5 Å². The molecule has 3 aromatic rings. The average Bonchev–Trinajstić information content (AvgIpc) is 3.07. The molecule has 0 unspecified atom stereocenters. The molecule has 138 valence electrons. The largest absolute Gasteiger partial charge is 0.492 e. The molecule has 0 amide bonds. The first-order chi connectivity index (χ1) is 13.3. The molecule has 0 N–H and O–H groups in total. The molecular weight excluding hydrogens is 336 g/mol. The predicted octanol–water partition coefficient (Wildman–Crippen LogP) is 3.01. The maximum Gasteiger partial charge on any atom is 0.119 e. The number of hydrogen-bond donors (Lipinski definition) is 0. The number of ether oxygens (including phenoxy) is 1. The molecule has 0 spiro atoms. The van der Waals surface area contributed by atoms with E-state index in [1.54, 1.807) is 0 Å². The van der Waals surface area contributed by atoms with Crippen LogP contribution in [0.1, 0.15) is 11.1 Å². The Kier molecular flexibility index (Phi) is 5.38. The first kappa shape index (κ1) is 17.6. The molecule has 1 aliphatic heterocycles. The SMILES string of the molecule is N#Cc1c(CN2CCN(CCOc3ccccc3)CC2)cn2ccccc12. The lowest BCUT2D eigenvalue weighted by Crippen LogP contribution is -2.47. The Morgan fingerprint density at radius 3 is 2.44 bits per heavy atom.